The zero-order chi connectivity index (χ0) is 4.99. The molecule has 0 rings (SSSR count). The van der Waals surface area contributed by atoms with E-state index in [1.165, 1.54) is 0 Å². The average Bonchev–Trinajstić information content (AvgIpc) is 1.65. The Labute approximate surface area is 41.1 Å². The molecular formula is C3H3O2S. The van der Waals surface area contributed by atoms with E-state index in [9.17, 15) is 4.79 Å². The second kappa shape index (κ2) is 2.78. The lowest BCUT2D eigenvalue weighted by Gasteiger charge is -1.81. The number of carbonyl (C=O) groups is 1. The van der Waals surface area contributed by atoms with Crippen molar-refractivity contribution in [1.29, 1.82) is 0 Å². The highest BCUT2D eigenvalue weighted by Gasteiger charge is 1.84. The molecule has 0 amide bonds. The van der Waals surface area contributed by atoms with Gasteiger partial charge >= 0.3 is 5.97 Å². The Morgan fingerprint density at radius 1 is 2.00 bits per heavy atom. The third-order valence-corrected chi connectivity index (χ3v) is 0.431. The predicted octanol–water partition coefficient (Wildman–Crippen LogP) is 0.321. The van der Waals surface area contributed by atoms with Gasteiger partial charge < -0.3 is 4.74 Å². The summed E-state index contributed by atoms with van der Waals surface area (Å²) >= 11 is 4.13. The first-order valence-corrected chi connectivity index (χ1v) is 1.69. The molecule has 0 atom stereocenters. The first-order chi connectivity index (χ1) is 2.81. The molecule has 0 spiro atoms. The van der Waals surface area contributed by atoms with Crippen LogP contribution in [-0.2, 0) is 9.53 Å². The van der Waals surface area contributed by atoms with Gasteiger partial charge in [0, 0.05) is 0 Å². The van der Waals surface area contributed by atoms with E-state index in [2.05, 4.69) is 24.1 Å². The molecule has 0 saturated heterocycles. The van der Waals surface area contributed by atoms with Gasteiger partial charge in [0.1, 0.15) is 7.11 Å². The van der Waals surface area contributed by atoms with Gasteiger partial charge in [0.05, 0.1) is 5.37 Å². The molecule has 0 aliphatic heterocycles. The molecule has 0 aromatic heterocycles. The highest BCUT2D eigenvalue weighted by atomic mass is 32.1. The van der Waals surface area contributed by atoms with Gasteiger partial charge in [0.2, 0.25) is 0 Å². The van der Waals surface area contributed by atoms with Crippen LogP contribution in [0.25, 0.3) is 0 Å². The minimum atomic E-state index is -0.579. The molecule has 0 aromatic rings. The van der Waals surface area contributed by atoms with Crippen molar-refractivity contribution in [1.82, 2.24) is 0 Å². The van der Waals surface area contributed by atoms with Crippen molar-refractivity contribution in [2.75, 3.05) is 0 Å². The Hall–Kier alpha value is -0.440. The van der Waals surface area contributed by atoms with Crippen molar-refractivity contribution in [3.63, 3.8) is 0 Å². The number of hydrogen-bond donors (Lipinski definition) is 0. The molecule has 33 valence electrons. The lowest BCUT2D eigenvalue weighted by Crippen LogP contribution is -1.95. The van der Waals surface area contributed by atoms with Gasteiger partial charge in [-0.3, -0.25) is 0 Å². The van der Waals surface area contributed by atoms with Gasteiger partial charge in [-0.2, -0.15) is 0 Å². The molecule has 0 N–H and O–H groups in total. The summed E-state index contributed by atoms with van der Waals surface area (Å²) in [4.78, 5) is 9.74. The van der Waals surface area contributed by atoms with Crippen molar-refractivity contribution in [2.24, 2.45) is 0 Å². The van der Waals surface area contributed by atoms with Crippen molar-refractivity contribution in [3.8, 4) is 0 Å². The summed E-state index contributed by atoms with van der Waals surface area (Å²) < 4.78 is 3.85. The molecule has 0 fully saturated rings. The van der Waals surface area contributed by atoms with Crippen LogP contribution in [0.3, 0.4) is 0 Å². The minimum Gasteiger partial charge on any atom is -0.458 e. The van der Waals surface area contributed by atoms with E-state index >= 15 is 0 Å². The molecule has 0 bridgehead atoms. The van der Waals surface area contributed by atoms with E-state index in [0.29, 0.717) is 0 Å². The lowest BCUT2D eigenvalue weighted by atomic mass is 10.8. The Kier molecular flexibility index (Phi) is 2.58. The Morgan fingerprint density at radius 3 is 2.50 bits per heavy atom. The molecule has 0 aliphatic carbocycles. The quantitative estimate of drug-likeness (QED) is 0.353. The normalized spacial score (nSPS) is 6.83. The molecular weight excluding hydrogens is 100 g/mol. The van der Waals surface area contributed by atoms with E-state index in [1.807, 2.05) is 0 Å². The largest absolute Gasteiger partial charge is 0.458 e. The van der Waals surface area contributed by atoms with Crippen molar-refractivity contribution in [3.05, 3.63) is 7.11 Å². The number of hydrogen-bond acceptors (Lipinski definition) is 3. The summed E-state index contributed by atoms with van der Waals surface area (Å²) in [6.45, 7) is 0. The van der Waals surface area contributed by atoms with Crippen LogP contribution in [0.15, 0.2) is 0 Å². The fourth-order valence-electron chi connectivity index (χ4n) is 0.0340. The van der Waals surface area contributed by atoms with Gasteiger partial charge in [-0.1, -0.05) is 12.2 Å². The van der Waals surface area contributed by atoms with Crippen LogP contribution in [0, 0.1) is 7.11 Å². The van der Waals surface area contributed by atoms with Crippen molar-refractivity contribution < 1.29 is 9.53 Å². The summed E-state index contributed by atoms with van der Waals surface area (Å²) in [7, 11) is 2.81. The van der Waals surface area contributed by atoms with E-state index in [1.54, 1.807) is 0 Å². The van der Waals surface area contributed by atoms with Crippen LogP contribution < -0.4 is 0 Å². The smallest absolute Gasteiger partial charge is 0.341 e. The minimum absolute atomic E-state index is 0.579. The number of ether oxygens (including phenoxy) is 1. The van der Waals surface area contributed by atoms with Gasteiger partial charge in [-0.05, 0) is 0 Å². The summed E-state index contributed by atoms with van der Waals surface area (Å²) in [6, 6.07) is 0. The van der Waals surface area contributed by atoms with Crippen LogP contribution >= 0.6 is 12.2 Å². The molecule has 0 heterocycles. The van der Waals surface area contributed by atoms with E-state index in [-0.39, 0.29) is 0 Å². The van der Waals surface area contributed by atoms with Gasteiger partial charge in [-0.15, -0.1) is 0 Å². The van der Waals surface area contributed by atoms with Crippen molar-refractivity contribution in [2.45, 2.75) is 0 Å². The van der Waals surface area contributed by atoms with Crippen molar-refractivity contribution >= 4 is 23.6 Å². The van der Waals surface area contributed by atoms with Gasteiger partial charge in [0.25, 0.3) is 0 Å². The van der Waals surface area contributed by atoms with Crippen LogP contribution in [0.4, 0.5) is 0 Å². The Bertz CT molecular complexity index is 69.2. The second-order valence-corrected chi connectivity index (χ2v) is 0.817. The Morgan fingerprint density at radius 2 is 2.50 bits per heavy atom. The molecule has 0 aromatic carbocycles. The van der Waals surface area contributed by atoms with E-state index in [4.69, 9.17) is 0 Å². The first-order valence-electron chi connectivity index (χ1n) is 1.22. The predicted molar refractivity (Wildman–Crippen MR) is 25.1 cm³/mol. The summed E-state index contributed by atoms with van der Waals surface area (Å²) in [5.74, 6) is -0.579. The van der Waals surface area contributed by atoms with E-state index < -0.39 is 5.97 Å². The van der Waals surface area contributed by atoms with Gasteiger partial charge in [-0.25, -0.2) is 4.79 Å². The number of carbonyl (C=O) groups excluding carboxylic acids is 1. The topological polar surface area (TPSA) is 26.3 Å². The highest BCUT2D eigenvalue weighted by Crippen LogP contribution is 1.64. The maximum atomic E-state index is 9.74. The Balaban J connectivity index is 3.23. The summed E-state index contributed by atoms with van der Waals surface area (Å²) in [5.41, 5.74) is 0. The van der Waals surface area contributed by atoms with Crippen LogP contribution in [-0.4, -0.2) is 11.3 Å². The summed E-state index contributed by atoms with van der Waals surface area (Å²) in [5, 5.41) is 0.882. The van der Waals surface area contributed by atoms with Crippen LogP contribution in [0.2, 0.25) is 0 Å². The number of rotatable bonds is 1. The molecule has 3 heteroatoms. The molecule has 0 unspecified atom stereocenters. The average molecular weight is 103 g/mol. The molecule has 0 saturated carbocycles. The monoisotopic (exact) mass is 103 g/mol. The summed E-state index contributed by atoms with van der Waals surface area (Å²) in [6.07, 6.45) is 0. The SMILES string of the molecule is [CH2]OC(=O)C=S. The fourth-order valence-corrected chi connectivity index (χ4v) is 0.102. The second-order valence-electron chi connectivity index (χ2n) is 0.581. The number of thiocarbonyl (C=S) groups is 1. The van der Waals surface area contributed by atoms with E-state index in [0.717, 1.165) is 5.37 Å². The van der Waals surface area contributed by atoms with Crippen LogP contribution in [0.5, 0.6) is 0 Å². The third kappa shape index (κ3) is 1.84. The zero-order valence-electron chi connectivity index (χ0n) is 3.01. The first kappa shape index (κ1) is 5.56. The maximum absolute atomic E-state index is 9.74. The van der Waals surface area contributed by atoms with Crippen LogP contribution in [0.1, 0.15) is 0 Å². The highest BCUT2D eigenvalue weighted by molar-refractivity contribution is 7.80. The standard InChI is InChI=1S/C3H3O2S/c1-5-3(4)2-6/h2H,1H2. The fraction of sp³-hybridized carbons (Fsp3) is 0. The molecule has 6 heavy (non-hydrogen) atoms. The molecule has 1 radical (unpaired) electrons. The third-order valence-electron chi connectivity index (χ3n) is 0.238. The van der Waals surface area contributed by atoms with Gasteiger partial charge in [0.15, 0.2) is 0 Å². The molecule has 2 nitrogen and oxygen atoms in total. The zero-order valence-corrected chi connectivity index (χ0v) is 3.83. The lowest BCUT2D eigenvalue weighted by molar-refractivity contribution is -0.129. The maximum Gasteiger partial charge on any atom is 0.341 e. The molecule has 0 aliphatic rings. The number of esters is 1.